The molecule has 1 aliphatic rings. The van der Waals surface area contributed by atoms with Gasteiger partial charge in [-0.05, 0) is 39.9 Å². The fourth-order valence-corrected chi connectivity index (χ4v) is 3.04. The summed E-state index contributed by atoms with van der Waals surface area (Å²) < 4.78 is 0. The molecule has 0 saturated carbocycles. The van der Waals surface area contributed by atoms with E-state index in [-0.39, 0.29) is 0 Å². The minimum absolute atomic E-state index is 0.675. The predicted molar refractivity (Wildman–Crippen MR) is 80.1 cm³/mol. The van der Waals surface area contributed by atoms with E-state index in [0.717, 1.165) is 12.0 Å². The smallest absolute Gasteiger partial charge is 0.0235 e. The van der Waals surface area contributed by atoms with E-state index in [4.69, 9.17) is 0 Å². The van der Waals surface area contributed by atoms with Gasteiger partial charge in [-0.15, -0.1) is 0 Å². The molecular formula is C15H33N3. The van der Waals surface area contributed by atoms with E-state index in [1.165, 1.54) is 45.3 Å². The lowest BCUT2D eigenvalue weighted by Crippen LogP contribution is -2.52. The summed E-state index contributed by atoms with van der Waals surface area (Å²) in [6, 6.07) is 1.39. The van der Waals surface area contributed by atoms with Crippen molar-refractivity contribution in [3.8, 4) is 0 Å². The maximum Gasteiger partial charge on any atom is 0.0235 e. The molecule has 3 nitrogen and oxygen atoms in total. The summed E-state index contributed by atoms with van der Waals surface area (Å²) in [5.41, 5.74) is 0. The lowest BCUT2D eigenvalue weighted by atomic mass is 9.91. The zero-order valence-corrected chi connectivity index (χ0v) is 13.1. The monoisotopic (exact) mass is 255 g/mol. The molecule has 0 spiro atoms. The van der Waals surface area contributed by atoms with Crippen LogP contribution in [0.15, 0.2) is 0 Å². The number of nitrogens with one attached hydrogen (secondary N) is 1. The molecule has 0 aromatic rings. The molecule has 0 radical (unpaired) electrons. The lowest BCUT2D eigenvalue weighted by molar-refractivity contribution is 0.0988. The second kappa shape index (κ2) is 8.13. The molecule has 0 aromatic heterocycles. The van der Waals surface area contributed by atoms with Gasteiger partial charge in [0.05, 0.1) is 0 Å². The van der Waals surface area contributed by atoms with Crippen LogP contribution < -0.4 is 5.32 Å². The van der Waals surface area contributed by atoms with Crippen LogP contribution in [0.1, 0.15) is 39.5 Å². The van der Waals surface area contributed by atoms with Gasteiger partial charge in [0.15, 0.2) is 0 Å². The first-order valence-electron chi connectivity index (χ1n) is 7.66. The van der Waals surface area contributed by atoms with Gasteiger partial charge in [0, 0.05) is 31.7 Å². The fourth-order valence-electron chi connectivity index (χ4n) is 3.04. The molecule has 0 aromatic carbocycles. The highest BCUT2D eigenvalue weighted by atomic mass is 15.3. The van der Waals surface area contributed by atoms with Crippen LogP contribution in [0.4, 0.5) is 0 Å². The number of nitrogens with zero attached hydrogens (tertiary/aromatic N) is 2. The summed E-state index contributed by atoms with van der Waals surface area (Å²) in [7, 11) is 6.65. The average molecular weight is 255 g/mol. The molecule has 3 heteroatoms. The van der Waals surface area contributed by atoms with Crippen LogP contribution in [0.25, 0.3) is 0 Å². The van der Waals surface area contributed by atoms with Gasteiger partial charge in [-0.25, -0.2) is 0 Å². The number of hydrogen-bond acceptors (Lipinski definition) is 3. The van der Waals surface area contributed by atoms with Gasteiger partial charge in [0.25, 0.3) is 0 Å². The van der Waals surface area contributed by atoms with Crippen molar-refractivity contribution in [2.75, 3.05) is 40.8 Å². The molecule has 1 rings (SSSR count). The van der Waals surface area contributed by atoms with Gasteiger partial charge < -0.3 is 15.1 Å². The van der Waals surface area contributed by atoms with Crippen molar-refractivity contribution in [1.82, 2.24) is 15.1 Å². The minimum atomic E-state index is 0.675. The SMILES string of the molecule is CCC(CC)CC(CC1CN(C)CCN1C)NC. The summed E-state index contributed by atoms with van der Waals surface area (Å²) in [6.45, 7) is 8.28. The molecule has 1 aliphatic heterocycles. The second-order valence-corrected chi connectivity index (χ2v) is 6.04. The third-order valence-electron chi connectivity index (χ3n) is 4.72. The summed E-state index contributed by atoms with van der Waals surface area (Å²) in [5, 5.41) is 3.54. The summed E-state index contributed by atoms with van der Waals surface area (Å²) >= 11 is 0. The molecular weight excluding hydrogens is 222 g/mol. The van der Waals surface area contributed by atoms with Gasteiger partial charge in [-0.2, -0.15) is 0 Å². The summed E-state index contributed by atoms with van der Waals surface area (Å²) in [4.78, 5) is 5.01. The largest absolute Gasteiger partial charge is 0.317 e. The maximum atomic E-state index is 3.54. The van der Waals surface area contributed by atoms with Crippen molar-refractivity contribution in [1.29, 1.82) is 0 Å². The molecule has 2 unspecified atom stereocenters. The molecule has 1 saturated heterocycles. The number of rotatable bonds is 7. The molecule has 1 N–H and O–H groups in total. The van der Waals surface area contributed by atoms with Crippen molar-refractivity contribution in [3.63, 3.8) is 0 Å². The standard InChI is InChI=1S/C15H33N3/c1-6-13(7-2)10-14(16-3)11-15-12-17(4)8-9-18(15)5/h13-16H,6-12H2,1-5H3. The second-order valence-electron chi connectivity index (χ2n) is 6.04. The van der Waals surface area contributed by atoms with Crippen LogP contribution in [0.3, 0.4) is 0 Å². The predicted octanol–water partition coefficient (Wildman–Crippen LogP) is 2.04. The zero-order chi connectivity index (χ0) is 13.5. The summed E-state index contributed by atoms with van der Waals surface area (Å²) in [5.74, 6) is 0.883. The van der Waals surface area contributed by atoms with E-state index < -0.39 is 0 Å². The Balaban J connectivity index is 2.45. The number of likely N-dealkylation sites (N-methyl/N-ethyl adjacent to an activating group) is 2. The fraction of sp³-hybridized carbons (Fsp3) is 1.00. The first kappa shape index (κ1) is 15.9. The maximum absolute atomic E-state index is 3.54. The van der Waals surface area contributed by atoms with Crippen molar-refractivity contribution in [2.45, 2.75) is 51.6 Å². The Morgan fingerprint density at radius 1 is 1.17 bits per heavy atom. The van der Waals surface area contributed by atoms with Crippen LogP contribution in [0.5, 0.6) is 0 Å². The van der Waals surface area contributed by atoms with Crippen molar-refractivity contribution in [2.24, 2.45) is 5.92 Å². The highest BCUT2D eigenvalue weighted by Gasteiger charge is 2.25. The van der Waals surface area contributed by atoms with Crippen LogP contribution in [-0.4, -0.2) is 62.7 Å². The molecule has 1 heterocycles. The molecule has 2 atom stereocenters. The van der Waals surface area contributed by atoms with E-state index in [0.29, 0.717) is 6.04 Å². The van der Waals surface area contributed by atoms with Crippen molar-refractivity contribution < 1.29 is 0 Å². The summed E-state index contributed by atoms with van der Waals surface area (Å²) in [6.07, 6.45) is 5.25. The zero-order valence-electron chi connectivity index (χ0n) is 13.1. The van der Waals surface area contributed by atoms with Gasteiger partial charge >= 0.3 is 0 Å². The van der Waals surface area contributed by atoms with Gasteiger partial charge in [0.2, 0.25) is 0 Å². The van der Waals surface area contributed by atoms with E-state index in [1.807, 2.05) is 0 Å². The van der Waals surface area contributed by atoms with Crippen molar-refractivity contribution in [3.05, 3.63) is 0 Å². The van der Waals surface area contributed by atoms with E-state index in [9.17, 15) is 0 Å². The highest BCUT2D eigenvalue weighted by molar-refractivity contribution is 4.83. The Bertz CT molecular complexity index is 216. The first-order valence-corrected chi connectivity index (χ1v) is 7.66. The van der Waals surface area contributed by atoms with Crippen LogP contribution >= 0.6 is 0 Å². The topological polar surface area (TPSA) is 18.5 Å². The molecule has 0 bridgehead atoms. The molecule has 18 heavy (non-hydrogen) atoms. The van der Waals surface area contributed by atoms with Crippen molar-refractivity contribution >= 4 is 0 Å². The quantitative estimate of drug-likeness (QED) is 0.751. The lowest BCUT2D eigenvalue weighted by Gasteiger charge is -2.39. The molecule has 0 aliphatic carbocycles. The Hall–Kier alpha value is -0.120. The van der Waals surface area contributed by atoms with Crippen LogP contribution in [-0.2, 0) is 0 Å². The van der Waals surface area contributed by atoms with E-state index >= 15 is 0 Å². The number of hydrogen-bond donors (Lipinski definition) is 1. The first-order chi connectivity index (χ1) is 8.60. The average Bonchev–Trinajstić information content (AvgIpc) is 2.38. The molecule has 108 valence electrons. The van der Waals surface area contributed by atoms with Gasteiger partial charge in [0.1, 0.15) is 0 Å². The molecule has 1 fully saturated rings. The third-order valence-corrected chi connectivity index (χ3v) is 4.72. The Kier molecular flexibility index (Phi) is 7.20. The van der Waals surface area contributed by atoms with Gasteiger partial charge in [-0.1, -0.05) is 26.7 Å². The normalized spacial score (nSPS) is 24.7. The van der Waals surface area contributed by atoms with Crippen LogP contribution in [0, 0.1) is 5.92 Å². The van der Waals surface area contributed by atoms with E-state index in [1.54, 1.807) is 0 Å². The van der Waals surface area contributed by atoms with Gasteiger partial charge in [-0.3, -0.25) is 0 Å². The number of piperazine rings is 1. The Morgan fingerprint density at radius 2 is 1.83 bits per heavy atom. The van der Waals surface area contributed by atoms with Crippen LogP contribution in [0.2, 0.25) is 0 Å². The minimum Gasteiger partial charge on any atom is -0.317 e. The van der Waals surface area contributed by atoms with E-state index in [2.05, 4.69) is 50.1 Å². The third kappa shape index (κ3) is 4.87. The molecule has 0 amide bonds. The highest BCUT2D eigenvalue weighted by Crippen LogP contribution is 2.20. The Labute approximate surface area is 114 Å². The Morgan fingerprint density at radius 3 is 2.39 bits per heavy atom.